The van der Waals surface area contributed by atoms with Crippen LogP contribution in [0.15, 0.2) is 48.5 Å². The van der Waals surface area contributed by atoms with Crippen molar-refractivity contribution in [2.75, 3.05) is 0 Å². The van der Waals surface area contributed by atoms with Gasteiger partial charge in [0.1, 0.15) is 29.1 Å². The summed E-state index contributed by atoms with van der Waals surface area (Å²) in [5.41, 5.74) is 0.667. The third-order valence-electron chi connectivity index (χ3n) is 4.95. The van der Waals surface area contributed by atoms with Crippen LogP contribution >= 0.6 is 0 Å². The van der Waals surface area contributed by atoms with Crippen molar-refractivity contribution in [3.63, 3.8) is 0 Å². The Morgan fingerprint density at radius 2 is 0.909 bits per heavy atom. The first-order valence-electron chi connectivity index (χ1n) is 14.8. The summed E-state index contributed by atoms with van der Waals surface area (Å²) in [6.07, 6.45) is -1.76. The number of esters is 1. The number of hydrogen-bond acceptors (Lipinski definition) is 15. The Bertz CT molecular complexity index is 1610. The molecule has 0 spiro atoms. The summed E-state index contributed by atoms with van der Waals surface area (Å²) in [6, 6.07) is 10.4. The van der Waals surface area contributed by atoms with Gasteiger partial charge in [0.25, 0.3) is 35.8 Å². The highest BCUT2D eigenvalue weighted by molar-refractivity contribution is 5.91. The fraction of sp³-hybridized carbons (Fsp3) is 0.265. The van der Waals surface area contributed by atoms with Gasteiger partial charge in [-0.15, -0.1) is 0 Å². The van der Waals surface area contributed by atoms with E-state index in [-0.39, 0.29) is 35.0 Å². The molecule has 0 saturated carbocycles. The largest absolute Gasteiger partial charge is 0.508 e. The zero-order chi connectivity index (χ0) is 43.7. The van der Waals surface area contributed by atoms with Gasteiger partial charge in [-0.05, 0) is 29.8 Å². The third-order valence-corrected chi connectivity index (χ3v) is 4.95. The number of aliphatic carboxylic acids is 6. The number of hydrogen-bond donors (Lipinski definition) is 12. The van der Waals surface area contributed by atoms with E-state index in [0.29, 0.717) is 11.1 Å². The summed E-state index contributed by atoms with van der Waals surface area (Å²) < 4.78 is 11.5. The smallest absolute Gasteiger partial charge is 0.338 e. The van der Waals surface area contributed by atoms with Crippen LogP contribution in [0.1, 0.15) is 69.1 Å². The Kier molecular flexibility index (Phi) is 24.9. The average Bonchev–Trinajstić information content (AvgIpc) is 2.98. The molecule has 3 aromatic carbocycles. The van der Waals surface area contributed by atoms with Gasteiger partial charge in [-0.1, -0.05) is 12.1 Å². The van der Waals surface area contributed by atoms with Crippen molar-refractivity contribution in [2.24, 2.45) is 0 Å². The van der Waals surface area contributed by atoms with E-state index in [1.165, 1.54) is 18.2 Å². The van der Waals surface area contributed by atoms with E-state index in [9.17, 15) is 35.4 Å². The molecule has 0 aromatic heterocycles. The van der Waals surface area contributed by atoms with Crippen molar-refractivity contribution in [3.05, 3.63) is 65.2 Å². The standard InChI is InChI=1S/C22H18O9.6C2H4O2/c23-12-3-1-10(2-4-12)21-19(9-14-15(25)7-13(24)8-18(14)30-21)31-22(29)11-5-16(26)20(28)17(27)6-11;6*1-2(3)4/h1-8,19,21,23-28H,9H2;6*1H3,(H,3,4)/t19-,21+;;;;;;/m0....../s1. The fourth-order valence-electron chi connectivity index (χ4n) is 3.43. The molecule has 0 saturated heterocycles. The second-order valence-electron chi connectivity index (χ2n) is 10.2. The predicted molar refractivity (Wildman–Crippen MR) is 185 cm³/mol. The van der Waals surface area contributed by atoms with E-state index >= 15 is 0 Å². The van der Waals surface area contributed by atoms with Crippen LogP contribution in [0.3, 0.4) is 0 Å². The molecule has 2 atom stereocenters. The lowest BCUT2D eigenvalue weighted by Crippen LogP contribution is -2.34. The highest BCUT2D eigenvalue weighted by Crippen LogP contribution is 2.43. The van der Waals surface area contributed by atoms with Crippen LogP contribution in [0.4, 0.5) is 0 Å². The highest BCUT2D eigenvalue weighted by atomic mass is 16.6. The van der Waals surface area contributed by atoms with Crippen molar-refractivity contribution in [3.8, 4) is 40.2 Å². The summed E-state index contributed by atoms with van der Waals surface area (Å²) in [4.78, 5) is 66.7. The van der Waals surface area contributed by atoms with Crippen LogP contribution in [-0.4, -0.2) is 109 Å². The third kappa shape index (κ3) is 27.0. The predicted octanol–water partition coefficient (Wildman–Crippen LogP) is 3.37. The number of carboxylic acids is 6. The highest BCUT2D eigenvalue weighted by Gasteiger charge is 2.36. The molecular weight excluding hydrogens is 744 g/mol. The molecule has 1 aliphatic rings. The molecule has 304 valence electrons. The molecule has 12 N–H and O–H groups in total. The number of carbonyl (C=O) groups excluding carboxylic acids is 1. The Labute approximate surface area is 311 Å². The Hall–Kier alpha value is -7.45. The molecule has 3 aromatic rings. The molecule has 21 heteroatoms. The Morgan fingerprint density at radius 3 is 1.27 bits per heavy atom. The van der Waals surface area contributed by atoms with Gasteiger partial charge in [-0.2, -0.15) is 0 Å². The number of rotatable bonds is 3. The van der Waals surface area contributed by atoms with Crippen LogP contribution < -0.4 is 4.74 Å². The van der Waals surface area contributed by atoms with Crippen molar-refractivity contribution in [1.82, 2.24) is 0 Å². The molecule has 21 nitrogen and oxygen atoms in total. The Balaban J connectivity index is -0.000000920. The van der Waals surface area contributed by atoms with E-state index < -0.39 is 71.2 Å². The van der Waals surface area contributed by atoms with E-state index in [4.69, 9.17) is 68.9 Å². The molecule has 0 bridgehead atoms. The van der Waals surface area contributed by atoms with Crippen molar-refractivity contribution >= 4 is 41.8 Å². The monoisotopic (exact) mass is 786 g/mol. The lowest BCUT2D eigenvalue weighted by molar-refractivity contribution is -0.135. The number of benzene rings is 3. The number of phenols is 6. The van der Waals surface area contributed by atoms with Crippen LogP contribution in [-0.2, 0) is 39.9 Å². The number of aromatic hydroxyl groups is 6. The van der Waals surface area contributed by atoms with Gasteiger partial charge in [-0.25, -0.2) is 4.79 Å². The van der Waals surface area contributed by atoms with Crippen LogP contribution in [0.2, 0.25) is 0 Å². The Morgan fingerprint density at radius 1 is 0.545 bits per heavy atom. The molecule has 55 heavy (non-hydrogen) atoms. The molecule has 0 aliphatic carbocycles. The zero-order valence-corrected chi connectivity index (χ0v) is 30.0. The first-order valence-corrected chi connectivity index (χ1v) is 14.8. The van der Waals surface area contributed by atoms with Crippen molar-refractivity contribution in [1.29, 1.82) is 0 Å². The molecule has 0 fully saturated rings. The van der Waals surface area contributed by atoms with Gasteiger partial charge in [0.2, 0.25) is 0 Å². The molecule has 1 aliphatic heterocycles. The van der Waals surface area contributed by atoms with Crippen LogP contribution in [0.5, 0.6) is 40.2 Å². The maximum Gasteiger partial charge on any atom is 0.338 e. The zero-order valence-electron chi connectivity index (χ0n) is 30.0. The van der Waals surface area contributed by atoms with Gasteiger partial charge in [-0.3, -0.25) is 28.8 Å². The molecular formula is C34H42O21. The number of carboxylic acid groups (broad SMARTS) is 6. The molecule has 0 amide bonds. The minimum atomic E-state index is -0.946. The molecule has 0 radical (unpaired) electrons. The average molecular weight is 787 g/mol. The van der Waals surface area contributed by atoms with Crippen molar-refractivity contribution in [2.45, 2.75) is 60.2 Å². The van der Waals surface area contributed by atoms with Crippen LogP contribution in [0.25, 0.3) is 0 Å². The number of phenolic OH excluding ortho intramolecular Hbond substituents is 6. The number of fused-ring (bicyclic) bond motifs is 1. The molecule has 0 unspecified atom stereocenters. The summed E-state index contributed by atoms with van der Waals surface area (Å²) in [6.45, 7) is 6.50. The van der Waals surface area contributed by atoms with Gasteiger partial charge < -0.3 is 70.8 Å². The SMILES string of the molecule is CC(=O)O.CC(=O)O.CC(=O)O.CC(=O)O.CC(=O)O.CC(=O)O.O=C(O[C@H]1Cc2c(O)cc(O)cc2O[C@@H]1c1ccc(O)cc1)c1cc(O)c(O)c(O)c1. The van der Waals surface area contributed by atoms with Crippen molar-refractivity contribution < 1.29 is 104 Å². The van der Waals surface area contributed by atoms with E-state index in [0.717, 1.165) is 59.7 Å². The lowest BCUT2D eigenvalue weighted by atomic mass is 9.93. The van der Waals surface area contributed by atoms with Gasteiger partial charge >= 0.3 is 5.97 Å². The lowest BCUT2D eigenvalue weighted by Gasteiger charge is -2.34. The van der Waals surface area contributed by atoms with Gasteiger partial charge in [0, 0.05) is 65.7 Å². The summed E-state index contributed by atoms with van der Waals surface area (Å²) in [7, 11) is 0. The second kappa shape index (κ2) is 26.3. The molecule has 4 rings (SSSR count). The molecule has 1 heterocycles. The fourth-order valence-corrected chi connectivity index (χ4v) is 3.43. The van der Waals surface area contributed by atoms with Gasteiger partial charge in [0.05, 0.1) is 5.56 Å². The first kappa shape index (κ1) is 51.9. The number of ether oxygens (including phenoxy) is 2. The second-order valence-corrected chi connectivity index (χ2v) is 10.2. The number of carbonyl (C=O) groups is 7. The first-order chi connectivity index (χ1) is 25.1. The van der Waals surface area contributed by atoms with E-state index in [2.05, 4.69) is 0 Å². The minimum Gasteiger partial charge on any atom is -0.508 e. The quantitative estimate of drug-likeness (QED) is 0.134. The summed E-state index contributed by atoms with van der Waals surface area (Å²) in [5, 5.41) is 103. The summed E-state index contributed by atoms with van der Waals surface area (Å²) >= 11 is 0. The minimum absolute atomic E-state index is 0.0267. The normalized spacial score (nSPS) is 12.5. The summed E-state index contributed by atoms with van der Waals surface area (Å²) in [5.74, 6) is -8.27. The topological polar surface area (TPSA) is 381 Å². The maximum absolute atomic E-state index is 12.7. The van der Waals surface area contributed by atoms with E-state index in [1.807, 2.05) is 0 Å². The maximum atomic E-state index is 12.7. The van der Waals surface area contributed by atoms with Gasteiger partial charge in [0.15, 0.2) is 23.4 Å². The van der Waals surface area contributed by atoms with E-state index in [1.54, 1.807) is 12.1 Å². The van der Waals surface area contributed by atoms with Crippen LogP contribution in [0, 0.1) is 0 Å².